The number of rotatable bonds is 3. The zero-order valence-electron chi connectivity index (χ0n) is 18.5. The molecule has 2 amide bonds. The summed E-state index contributed by atoms with van der Waals surface area (Å²) in [6.45, 7) is 1.36. The number of nitrogens with zero attached hydrogens (tertiary/aromatic N) is 4. The van der Waals surface area contributed by atoms with Crippen molar-refractivity contribution in [3.05, 3.63) is 81.8 Å². The Labute approximate surface area is 203 Å². The zero-order chi connectivity index (χ0) is 24.6. The number of halogens is 3. The molecule has 1 fully saturated rings. The fourth-order valence-electron chi connectivity index (χ4n) is 4.39. The summed E-state index contributed by atoms with van der Waals surface area (Å²) in [5, 5.41) is 1.66. The molecular weight excluding hydrogens is 477 g/mol. The maximum absolute atomic E-state index is 14.1. The zero-order valence-corrected chi connectivity index (χ0v) is 19.4. The van der Waals surface area contributed by atoms with Gasteiger partial charge < -0.3 is 14.7 Å². The standard InChI is InChI=1S/C25H21F3N4O2S/c26-25(27,28)19-14-18(7-8-22(19)32-9-3-5-17-4-1-2-6-21(17)32)23(33)30-10-12-31(13-11-30)24(34)20-15-35-16-29-20/h1-8,14-16H,9-13H2. The van der Waals surface area contributed by atoms with Gasteiger partial charge in [0.15, 0.2) is 0 Å². The smallest absolute Gasteiger partial charge is 0.337 e. The van der Waals surface area contributed by atoms with E-state index in [1.165, 1.54) is 28.4 Å². The van der Waals surface area contributed by atoms with E-state index in [0.717, 1.165) is 11.6 Å². The van der Waals surface area contributed by atoms with E-state index in [9.17, 15) is 22.8 Å². The fourth-order valence-corrected chi connectivity index (χ4v) is 4.92. The number of alkyl halides is 3. The van der Waals surface area contributed by atoms with E-state index in [1.54, 1.807) is 32.8 Å². The number of hydrogen-bond acceptors (Lipinski definition) is 5. The lowest BCUT2D eigenvalue weighted by Crippen LogP contribution is -2.50. The van der Waals surface area contributed by atoms with Gasteiger partial charge in [0.25, 0.3) is 11.8 Å². The molecule has 0 N–H and O–H groups in total. The van der Waals surface area contributed by atoms with Crippen molar-refractivity contribution in [2.24, 2.45) is 0 Å². The van der Waals surface area contributed by atoms with Crippen LogP contribution in [0.25, 0.3) is 6.08 Å². The summed E-state index contributed by atoms with van der Waals surface area (Å²) < 4.78 is 42.4. The Bertz CT molecular complexity index is 1280. The fraction of sp³-hybridized carbons (Fsp3) is 0.240. The lowest BCUT2D eigenvalue weighted by molar-refractivity contribution is -0.137. The Morgan fingerprint density at radius 2 is 1.63 bits per heavy atom. The van der Waals surface area contributed by atoms with Crippen LogP contribution in [0.5, 0.6) is 0 Å². The molecule has 0 bridgehead atoms. The van der Waals surface area contributed by atoms with Crippen molar-refractivity contribution in [1.82, 2.24) is 14.8 Å². The molecule has 2 aliphatic heterocycles. The predicted molar refractivity (Wildman–Crippen MR) is 128 cm³/mol. The summed E-state index contributed by atoms with van der Waals surface area (Å²) >= 11 is 1.32. The number of anilines is 2. The van der Waals surface area contributed by atoms with Crippen molar-refractivity contribution < 1.29 is 22.8 Å². The molecule has 35 heavy (non-hydrogen) atoms. The number of para-hydroxylation sites is 1. The van der Waals surface area contributed by atoms with Crippen LogP contribution in [0.4, 0.5) is 24.5 Å². The molecule has 180 valence electrons. The van der Waals surface area contributed by atoms with E-state index in [2.05, 4.69) is 4.98 Å². The monoisotopic (exact) mass is 498 g/mol. The molecule has 2 aromatic carbocycles. The van der Waals surface area contributed by atoms with Crippen molar-refractivity contribution in [3.63, 3.8) is 0 Å². The molecule has 3 aromatic rings. The molecule has 0 spiro atoms. The Kier molecular flexibility index (Phi) is 6.06. The first-order valence-corrected chi connectivity index (χ1v) is 12.0. The van der Waals surface area contributed by atoms with Gasteiger partial charge in [-0.2, -0.15) is 13.2 Å². The molecule has 1 aromatic heterocycles. The highest BCUT2D eigenvalue weighted by molar-refractivity contribution is 7.07. The van der Waals surface area contributed by atoms with Crippen molar-refractivity contribution in [1.29, 1.82) is 0 Å². The lowest BCUT2D eigenvalue weighted by Gasteiger charge is -2.35. The first-order valence-electron chi connectivity index (χ1n) is 11.0. The van der Waals surface area contributed by atoms with E-state index in [0.29, 0.717) is 31.0 Å². The van der Waals surface area contributed by atoms with Gasteiger partial charge in [0.1, 0.15) is 5.69 Å². The number of piperazine rings is 1. The van der Waals surface area contributed by atoms with Crippen LogP contribution in [0.2, 0.25) is 0 Å². The second-order valence-electron chi connectivity index (χ2n) is 8.26. The van der Waals surface area contributed by atoms with Crippen molar-refractivity contribution in [2.75, 3.05) is 37.6 Å². The van der Waals surface area contributed by atoms with E-state index in [-0.39, 0.29) is 30.2 Å². The molecule has 0 radical (unpaired) electrons. The topological polar surface area (TPSA) is 56.8 Å². The summed E-state index contributed by atoms with van der Waals surface area (Å²) in [5.41, 5.74) is 2.57. The van der Waals surface area contributed by atoms with Gasteiger partial charge in [-0.1, -0.05) is 30.4 Å². The first kappa shape index (κ1) is 23.1. The Morgan fingerprint density at radius 1 is 0.914 bits per heavy atom. The minimum absolute atomic E-state index is 0.00419. The number of amides is 2. The van der Waals surface area contributed by atoms with Gasteiger partial charge in [0.2, 0.25) is 0 Å². The van der Waals surface area contributed by atoms with Crippen molar-refractivity contribution in [3.8, 4) is 0 Å². The summed E-state index contributed by atoms with van der Waals surface area (Å²) in [6.07, 6.45) is -0.940. The van der Waals surface area contributed by atoms with Gasteiger partial charge in [-0.3, -0.25) is 9.59 Å². The Hall–Kier alpha value is -3.66. The Balaban J connectivity index is 1.37. The van der Waals surface area contributed by atoms with E-state index in [1.807, 2.05) is 24.3 Å². The van der Waals surface area contributed by atoms with Gasteiger partial charge in [0, 0.05) is 49.4 Å². The van der Waals surface area contributed by atoms with Crippen LogP contribution < -0.4 is 4.90 Å². The number of hydrogen-bond donors (Lipinski definition) is 0. The number of benzene rings is 2. The van der Waals surface area contributed by atoms with Crippen molar-refractivity contribution >= 4 is 40.6 Å². The Morgan fingerprint density at radius 3 is 2.31 bits per heavy atom. The number of thiazole rings is 1. The van der Waals surface area contributed by atoms with E-state index in [4.69, 9.17) is 0 Å². The summed E-state index contributed by atoms with van der Waals surface area (Å²) in [5.74, 6) is -0.695. The first-order chi connectivity index (χ1) is 16.8. The highest BCUT2D eigenvalue weighted by Crippen LogP contribution is 2.41. The maximum Gasteiger partial charge on any atom is 0.418 e. The molecule has 0 aliphatic carbocycles. The van der Waals surface area contributed by atoms with Crippen molar-refractivity contribution in [2.45, 2.75) is 6.18 Å². The van der Waals surface area contributed by atoms with E-state index >= 15 is 0 Å². The molecule has 2 aliphatic rings. The predicted octanol–water partition coefficient (Wildman–Crippen LogP) is 4.93. The number of carbonyl (C=O) groups excluding carboxylic acids is 2. The maximum atomic E-state index is 14.1. The summed E-state index contributed by atoms with van der Waals surface area (Å²) in [6, 6.07) is 11.0. The van der Waals surface area contributed by atoms with Gasteiger partial charge in [-0.25, -0.2) is 4.98 Å². The second kappa shape index (κ2) is 9.18. The third-order valence-corrected chi connectivity index (χ3v) is 6.74. The molecule has 3 heterocycles. The molecule has 6 nitrogen and oxygen atoms in total. The van der Waals surface area contributed by atoms with E-state index < -0.39 is 17.6 Å². The SMILES string of the molecule is O=C(c1ccc(N2CC=Cc3ccccc32)c(C(F)(F)F)c1)N1CCN(C(=O)c2cscn2)CC1. The van der Waals surface area contributed by atoms with Gasteiger partial charge >= 0.3 is 6.18 Å². The van der Waals surface area contributed by atoms with Gasteiger partial charge in [-0.15, -0.1) is 11.3 Å². The normalized spacial score (nSPS) is 15.8. The third kappa shape index (κ3) is 4.53. The number of carbonyl (C=O) groups is 2. The molecule has 0 atom stereocenters. The van der Waals surface area contributed by atoms with Crippen LogP contribution in [0, 0.1) is 0 Å². The lowest BCUT2D eigenvalue weighted by atomic mass is 10.0. The molecule has 0 unspecified atom stereocenters. The van der Waals surface area contributed by atoms with Gasteiger partial charge in [-0.05, 0) is 29.8 Å². The molecule has 0 saturated carbocycles. The quantitative estimate of drug-likeness (QED) is 0.514. The van der Waals surface area contributed by atoms with Crippen LogP contribution in [0.15, 0.2) is 59.4 Å². The molecule has 5 rings (SSSR count). The average molecular weight is 499 g/mol. The van der Waals surface area contributed by atoms with Crippen LogP contribution in [0.1, 0.15) is 32.0 Å². The molecule has 10 heteroatoms. The number of fused-ring (bicyclic) bond motifs is 1. The number of aromatic nitrogens is 1. The summed E-state index contributed by atoms with van der Waals surface area (Å²) in [7, 11) is 0. The molecular formula is C25H21F3N4O2S. The van der Waals surface area contributed by atoms with Crippen LogP contribution >= 0.6 is 11.3 Å². The second-order valence-corrected chi connectivity index (χ2v) is 8.98. The minimum Gasteiger partial charge on any atom is -0.337 e. The third-order valence-electron chi connectivity index (χ3n) is 6.16. The van der Waals surface area contributed by atoms with Crippen LogP contribution in [-0.2, 0) is 6.18 Å². The minimum atomic E-state index is -4.64. The highest BCUT2D eigenvalue weighted by Gasteiger charge is 2.37. The summed E-state index contributed by atoms with van der Waals surface area (Å²) in [4.78, 5) is 34.3. The highest BCUT2D eigenvalue weighted by atomic mass is 32.1. The van der Waals surface area contributed by atoms with Crippen LogP contribution in [-0.4, -0.2) is 59.3 Å². The molecule has 1 saturated heterocycles. The average Bonchev–Trinajstić information content (AvgIpc) is 3.42. The van der Waals surface area contributed by atoms with Gasteiger partial charge in [0.05, 0.1) is 16.8 Å². The van der Waals surface area contributed by atoms with Crippen LogP contribution in [0.3, 0.4) is 0 Å². The largest absolute Gasteiger partial charge is 0.418 e.